The fourth-order valence-electron chi connectivity index (χ4n) is 2.39. The number of nitriles is 1. The van der Waals surface area contributed by atoms with Crippen LogP contribution in [-0.4, -0.2) is 35.9 Å². The Morgan fingerprint density at radius 3 is 2.16 bits per heavy atom. The van der Waals surface area contributed by atoms with E-state index < -0.39 is 24.0 Å². The summed E-state index contributed by atoms with van der Waals surface area (Å²) < 4.78 is 34.4. The first-order valence-corrected chi connectivity index (χ1v) is 7.22. The number of ether oxygens (including phenoxy) is 2. The van der Waals surface area contributed by atoms with Crippen LogP contribution in [0.2, 0.25) is 0 Å². The second-order valence-corrected chi connectivity index (χ2v) is 5.23. The van der Waals surface area contributed by atoms with Gasteiger partial charge >= 0.3 is 18.6 Å². The van der Waals surface area contributed by atoms with Crippen LogP contribution in [0.1, 0.15) is 31.2 Å². The highest BCUT2D eigenvalue weighted by molar-refractivity contribution is 5.68. The first-order valence-electron chi connectivity index (χ1n) is 7.22. The number of carboxylic acid groups (broad SMARTS) is 2. The van der Waals surface area contributed by atoms with Crippen LogP contribution in [0.5, 0.6) is 11.5 Å². The van der Waals surface area contributed by atoms with Crippen molar-refractivity contribution < 1.29 is 38.1 Å². The summed E-state index contributed by atoms with van der Waals surface area (Å²) in [5.74, 6) is -2.63. The first kappa shape index (κ1) is 20.2. The predicted molar refractivity (Wildman–Crippen MR) is 80.7 cm³/mol. The monoisotopic (exact) mass is 357 g/mol. The largest absolute Gasteiger partial charge is 0.493 e. The van der Waals surface area contributed by atoms with E-state index in [0.29, 0.717) is 0 Å². The van der Waals surface area contributed by atoms with Gasteiger partial charge in [0.1, 0.15) is 0 Å². The summed E-state index contributed by atoms with van der Waals surface area (Å²) in [6, 6.07) is 5.81. The molecule has 0 aliphatic carbocycles. The Labute approximate surface area is 142 Å². The molecule has 0 fully saturated rings. The van der Waals surface area contributed by atoms with Crippen LogP contribution in [0.4, 0.5) is 8.78 Å². The van der Waals surface area contributed by atoms with E-state index in [0.717, 1.165) is 6.07 Å². The van der Waals surface area contributed by atoms with E-state index in [1.807, 2.05) is 6.07 Å². The molecule has 0 spiro atoms. The first-order chi connectivity index (χ1) is 11.7. The molecule has 1 rings (SSSR count). The fraction of sp³-hybridized carbons (Fsp3) is 0.438. The molecule has 0 aromatic heterocycles. The Kier molecular flexibility index (Phi) is 7.11. The predicted octanol–water partition coefficient (Wildman–Crippen LogP) is 2.79. The Morgan fingerprint density at radius 1 is 1.20 bits per heavy atom. The number of carbonyl (C=O) groups is 2. The molecule has 0 amide bonds. The number of halogens is 2. The third-order valence-electron chi connectivity index (χ3n) is 3.68. The molecule has 0 heterocycles. The van der Waals surface area contributed by atoms with Crippen LogP contribution in [0.25, 0.3) is 0 Å². The van der Waals surface area contributed by atoms with Crippen LogP contribution in [0, 0.1) is 11.3 Å². The molecular formula is C16H17F2NO6. The number of carboxylic acids is 2. The van der Waals surface area contributed by atoms with Crippen molar-refractivity contribution >= 4 is 11.9 Å². The molecule has 0 saturated carbocycles. The maximum atomic E-state index is 12.6. The molecule has 0 unspecified atom stereocenters. The number of hydrogen-bond acceptors (Lipinski definition) is 5. The topological polar surface area (TPSA) is 117 Å². The highest BCUT2D eigenvalue weighted by atomic mass is 19.3. The number of benzene rings is 1. The average molecular weight is 357 g/mol. The summed E-state index contributed by atoms with van der Waals surface area (Å²) in [4.78, 5) is 21.7. The summed E-state index contributed by atoms with van der Waals surface area (Å²) in [7, 11) is 1.25. The van der Waals surface area contributed by atoms with Crippen molar-refractivity contribution in [2.75, 3.05) is 7.11 Å². The van der Waals surface area contributed by atoms with Crippen molar-refractivity contribution in [2.45, 2.75) is 37.7 Å². The molecule has 0 radical (unpaired) electrons. The van der Waals surface area contributed by atoms with Gasteiger partial charge in [0.25, 0.3) is 0 Å². The van der Waals surface area contributed by atoms with Gasteiger partial charge in [-0.1, -0.05) is 6.07 Å². The summed E-state index contributed by atoms with van der Waals surface area (Å²) in [6.07, 6.45) is -1.12. The number of alkyl halides is 2. The van der Waals surface area contributed by atoms with E-state index in [1.165, 1.54) is 19.2 Å². The van der Waals surface area contributed by atoms with Crippen molar-refractivity contribution in [1.82, 2.24) is 0 Å². The van der Waals surface area contributed by atoms with E-state index in [-0.39, 0.29) is 42.7 Å². The highest BCUT2D eigenvalue weighted by Gasteiger charge is 2.34. The van der Waals surface area contributed by atoms with E-state index in [9.17, 15) is 23.6 Å². The zero-order chi connectivity index (χ0) is 19.0. The molecule has 136 valence electrons. The third-order valence-corrected chi connectivity index (χ3v) is 3.68. The van der Waals surface area contributed by atoms with Gasteiger partial charge in [-0.2, -0.15) is 14.0 Å². The van der Waals surface area contributed by atoms with E-state index in [1.54, 1.807) is 0 Å². The lowest BCUT2D eigenvalue weighted by molar-refractivity contribution is -0.137. The highest BCUT2D eigenvalue weighted by Crippen LogP contribution is 2.39. The van der Waals surface area contributed by atoms with Gasteiger partial charge in [0, 0.05) is 12.8 Å². The normalized spacial score (nSPS) is 11.0. The molecule has 0 atom stereocenters. The summed E-state index contributed by atoms with van der Waals surface area (Å²) in [5.41, 5.74) is -1.28. The molecule has 25 heavy (non-hydrogen) atoms. The molecule has 1 aromatic carbocycles. The van der Waals surface area contributed by atoms with Gasteiger partial charge in [-0.15, -0.1) is 0 Å². The van der Waals surface area contributed by atoms with Crippen molar-refractivity contribution in [2.24, 2.45) is 0 Å². The quantitative estimate of drug-likeness (QED) is 0.661. The molecule has 7 nitrogen and oxygen atoms in total. The molecule has 9 heteroatoms. The zero-order valence-electron chi connectivity index (χ0n) is 13.4. The van der Waals surface area contributed by atoms with Crippen molar-refractivity contribution in [1.29, 1.82) is 5.26 Å². The third kappa shape index (κ3) is 5.60. The molecule has 0 bridgehead atoms. The van der Waals surface area contributed by atoms with Gasteiger partial charge in [0.15, 0.2) is 11.5 Å². The standard InChI is InChI=1S/C16H17F2NO6/c1-24-11-3-2-10(8-12(11)25-15(17)18)16(9-19,6-4-13(20)21)7-5-14(22)23/h2-3,8,15H,4-7H2,1H3,(H,20,21)(H,22,23). The van der Waals surface area contributed by atoms with Crippen molar-refractivity contribution in [3.05, 3.63) is 23.8 Å². The fourth-order valence-corrected chi connectivity index (χ4v) is 2.39. The maximum absolute atomic E-state index is 12.6. The molecule has 0 aliphatic heterocycles. The lowest BCUT2D eigenvalue weighted by atomic mass is 9.74. The van der Waals surface area contributed by atoms with Gasteiger partial charge in [-0.3, -0.25) is 9.59 Å². The Balaban J connectivity index is 3.34. The van der Waals surface area contributed by atoms with Gasteiger partial charge in [-0.25, -0.2) is 0 Å². The second kappa shape index (κ2) is 8.82. The lowest BCUT2D eigenvalue weighted by Gasteiger charge is -2.27. The summed E-state index contributed by atoms with van der Waals surface area (Å²) >= 11 is 0. The van der Waals surface area contributed by atoms with E-state index >= 15 is 0 Å². The average Bonchev–Trinajstić information content (AvgIpc) is 2.54. The van der Waals surface area contributed by atoms with Crippen molar-refractivity contribution in [3.63, 3.8) is 0 Å². The maximum Gasteiger partial charge on any atom is 0.387 e. The van der Waals surface area contributed by atoms with Gasteiger partial charge in [-0.05, 0) is 30.5 Å². The number of aliphatic carboxylic acids is 2. The minimum atomic E-state index is -3.13. The van der Waals surface area contributed by atoms with E-state index in [2.05, 4.69) is 4.74 Å². The van der Waals surface area contributed by atoms with Crippen molar-refractivity contribution in [3.8, 4) is 17.6 Å². The van der Waals surface area contributed by atoms with Gasteiger partial charge < -0.3 is 19.7 Å². The molecule has 2 N–H and O–H groups in total. The SMILES string of the molecule is COc1ccc(C(C#N)(CCC(=O)O)CCC(=O)O)cc1OC(F)F. The van der Waals surface area contributed by atoms with Gasteiger partial charge in [0.2, 0.25) is 0 Å². The van der Waals surface area contributed by atoms with Crippen LogP contribution >= 0.6 is 0 Å². The second-order valence-electron chi connectivity index (χ2n) is 5.23. The summed E-state index contributed by atoms with van der Waals surface area (Å²) in [5, 5.41) is 27.4. The Bertz CT molecular complexity index is 653. The lowest BCUT2D eigenvalue weighted by Crippen LogP contribution is -2.26. The minimum Gasteiger partial charge on any atom is -0.493 e. The van der Waals surface area contributed by atoms with Crippen LogP contribution in [-0.2, 0) is 15.0 Å². The minimum absolute atomic E-state index is 0.00681. The van der Waals surface area contributed by atoms with Crippen LogP contribution < -0.4 is 9.47 Å². The summed E-state index contributed by atoms with van der Waals surface area (Å²) in [6.45, 7) is -3.13. The molecule has 1 aromatic rings. The van der Waals surface area contributed by atoms with Crippen LogP contribution in [0.15, 0.2) is 18.2 Å². The number of nitrogens with zero attached hydrogens (tertiary/aromatic N) is 1. The smallest absolute Gasteiger partial charge is 0.387 e. The van der Waals surface area contributed by atoms with Crippen LogP contribution in [0.3, 0.4) is 0 Å². The number of hydrogen-bond donors (Lipinski definition) is 2. The number of rotatable bonds is 10. The zero-order valence-corrected chi connectivity index (χ0v) is 13.4. The van der Waals surface area contributed by atoms with Gasteiger partial charge in [0.05, 0.1) is 18.6 Å². The van der Waals surface area contributed by atoms with E-state index in [4.69, 9.17) is 14.9 Å². The molecule has 0 saturated heterocycles. The Morgan fingerprint density at radius 2 is 1.76 bits per heavy atom. The number of methoxy groups -OCH3 is 1. The Hall–Kier alpha value is -2.89. The molecular weight excluding hydrogens is 340 g/mol. The molecule has 0 aliphatic rings.